The molecule has 1 amide bonds. The van der Waals surface area contributed by atoms with Crippen LogP contribution in [0.5, 0.6) is 5.75 Å². The molecule has 0 saturated heterocycles. The van der Waals surface area contributed by atoms with Gasteiger partial charge in [0.1, 0.15) is 23.9 Å². The van der Waals surface area contributed by atoms with Crippen LogP contribution in [-0.2, 0) is 25.7 Å². The average molecular weight is 532 g/mol. The molecule has 1 N–H and O–H groups in total. The Morgan fingerprint density at radius 3 is 2.21 bits per heavy atom. The van der Waals surface area contributed by atoms with E-state index >= 15 is 0 Å². The van der Waals surface area contributed by atoms with Gasteiger partial charge in [-0.2, -0.15) is 0 Å². The lowest BCUT2D eigenvalue weighted by molar-refractivity contribution is -0.166. The van der Waals surface area contributed by atoms with Crippen LogP contribution >= 0.6 is 0 Å². The normalized spacial score (nSPS) is 11.3. The zero-order chi connectivity index (χ0) is 27.9. The molecule has 11 heteroatoms. The molecule has 0 saturated carbocycles. The predicted octanol–water partition coefficient (Wildman–Crippen LogP) is 4.28. The minimum atomic E-state index is -2.05. The first kappa shape index (κ1) is 28.5. The van der Waals surface area contributed by atoms with Crippen molar-refractivity contribution in [1.82, 2.24) is 14.7 Å². The molecule has 2 aromatic heterocycles. The molecule has 0 spiro atoms. The molecule has 0 aliphatic heterocycles. The van der Waals surface area contributed by atoms with Crippen molar-refractivity contribution in [3.63, 3.8) is 0 Å². The third kappa shape index (κ3) is 5.76. The molecule has 0 atom stereocenters. The Balaban J connectivity index is 1.99. The van der Waals surface area contributed by atoms with Crippen LogP contribution in [0.1, 0.15) is 61.8 Å². The Labute approximate surface area is 219 Å². The topological polar surface area (TPSA) is 108 Å². The summed E-state index contributed by atoms with van der Waals surface area (Å²) in [6, 6.07) is 6.62. The molecule has 1 aromatic carbocycles. The first-order chi connectivity index (χ1) is 18.2. The monoisotopic (exact) mass is 531 g/mol. The van der Waals surface area contributed by atoms with E-state index in [1.165, 1.54) is 10.5 Å². The van der Waals surface area contributed by atoms with E-state index in [0.717, 1.165) is 12.1 Å². The maximum absolute atomic E-state index is 14.1. The molecule has 0 fully saturated rings. The van der Waals surface area contributed by atoms with Gasteiger partial charge < -0.3 is 19.5 Å². The van der Waals surface area contributed by atoms with E-state index in [2.05, 4.69) is 10.3 Å². The van der Waals surface area contributed by atoms with Crippen LogP contribution in [0.15, 0.2) is 36.5 Å². The molecule has 0 radical (unpaired) electrons. The van der Waals surface area contributed by atoms with Gasteiger partial charge in [0.25, 0.3) is 5.91 Å². The van der Waals surface area contributed by atoms with Crippen LogP contribution in [0.2, 0.25) is 0 Å². The summed E-state index contributed by atoms with van der Waals surface area (Å²) in [5, 5.41) is 2.57. The van der Waals surface area contributed by atoms with Crippen molar-refractivity contribution in [3.05, 3.63) is 65.1 Å². The predicted molar refractivity (Wildman–Crippen MR) is 134 cm³/mol. The molecule has 38 heavy (non-hydrogen) atoms. The first-order valence-corrected chi connectivity index (χ1v) is 12.4. The highest BCUT2D eigenvalue weighted by Gasteiger charge is 2.50. The Bertz CT molecular complexity index is 1290. The number of nitrogens with zero attached hydrogens (tertiary/aromatic N) is 2. The Kier molecular flexibility index (Phi) is 9.38. The Morgan fingerprint density at radius 2 is 1.63 bits per heavy atom. The number of hydrogen-bond donors (Lipinski definition) is 1. The number of aromatic nitrogens is 2. The minimum Gasteiger partial charge on any atom is -0.485 e. The van der Waals surface area contributed by atoms with Crippen LogP contribution in [0.4, 0.5) is 8.78 Å². The van der Waals surface area contributed by atoms with Crippen molar-refractivity contribution in [3.8, 4) is 5.75 Å². The van der Waals surface area contributed by atoms with E-state index in [9.17, 15) is 23.2 Å². The number of aryl methyl sites for hydroxylation is 1. The number of halogens is 2. The second-order valence-corrected chi connectivity index (χ2v) is 8.50. The van der Waals surface area contributed by atoms with E-state index in [1.54, 1.807) is 39.1 Å². The summed E-state index contributed by atoms with van der Waals surface area (Å²) in [5.74, 6) is -3.92. The molecule has 0 bridgehead atoms. The molecule has 9 nitrogen and oxygen atoms in total. The maximum Gasteiger partial charge on any atom is 0.343 e. The smallest absolute Gasteiger partial charge is 0.343 e. The van der Waals surface area contributed by atoms with Crippen LogP contribution in [-0.4, -0.2) is 46.0 Å². The molecule has 3 aromatic rings. The van der Waals surface area contributed by atoms with Gasteiger partial charge in [0.2, 0.25) is 5.54 Å². The molecule has 0 aliphatic rings. The van der Waals surface area contributed by atoms with E-state index in [-0.39, 0.29) is 48.0 Å². The molecule has 3 rings (SSSR count). The fourth-order valence-electron chi connectivity index (χ4n) is 4.02. The lowest BCUT2D eigenvalue weighted by Gasteiger charge is -2.30. The Hall–Kier alpha value is -4.02. The second kappa shape index (κ2) is 12.5. The quantitative estimate of drug-likeness (QED) is 0.274. The molecule has 2 heterocycles. The van der Waals surface area contributed by atoms with Gasteiger partial charge in [-0.15, -0.1) is 0 Å². The summed E-state index contributed by atoms with van der Waals surface area (Å²) in [6.07, 6.45) is 2.61. The van der Waals surface area contributed by atoms with Gasteiger partial charge in [-0.05, 0) is 51.5 Å². The highest BCUT2D eigenvalue weighted by atomic mass is 19.1. The second-order valence-electron chi connectivity index (χ2n) is 8.50. The van der Waals surface area contributed by atoms with Gasteiger partial charge in [0.05, 0.1) is 24.5 Å². The van der Waals surface area contributed by atoms with Crippen LogP contribution in [0.3, 0.4) is 0 Å². The Morgan fingerprint density at radius 1 is 1.00 bits per heavy atom. The lowest BCUT2D eigenvalue weighted by atomic mass is 9.92. The highest BCUT2D eigenvalue weighted by Crippen LogP contribution is 2.26. The van der Waals surface area contributed by atoms with E-state index in [4.69, 9.17) is 14.2 Å². The number of amides is 1. The number of benzene rings is 1. The number of unbranched alkanes of at least 4 members (excludes halogenated alkanes) is 1. The van der Waals surface area contributed by atoms with Crippen molar-refractivity contribution in [2.75, 3.05) is 13.2 Å². The minimum absolute atomic E-state index is 0.0000729. The number of rotatable bonds is 12. The fraction of sp³-hybridized carbons (Fsp3) is 0.407. The number of fused-ring (bicyclic) bond motifs is 1. The lowest BCUT2D eigenvalue weighted by Crippen LogP contribution is -2.61. The SMILES string of the molecule is CCCCC(NC(=O)c1c(C)nc2c(OCc3c(F)cccc3F)cccn12)(C(=O)OCC)C(=O)OCC. The number of carbonyl (C=O) groups is 3. The number of nitrogens with one attached hydrogen (secondary N) is 1. The van der Waals surface area contributed by atoms with E-state index in [1.807, 2.05) is 6.92 Å². The number of ether oxygens (including phenoxy) is 3. The largest absolute Gasteiger partial charge is 0.485 e. The number of carbonyl (C=O) groups excluding carboxylic acids is 3. The molecular weight excluding hydrogens is 500 g/mol. The van der Waals surface area contributed by atoms with Gasteiger partial charge in [-0.1, -0.05) is 25.8 Å². The number of esters is 2. The zero-order valence-corrected chi connectivity index (χ0v) is 21.8. The van der Waals surface area contributed by atoms with Crippen molar-refractivity contribution in [2.24, 2.45) is 0 Å². The summed E-state index contributed by atoms with van der Waals surface area (Å²) >= 11 is 0. The van der Waals surface area contributed by atoms with Crippen molar-refractivity contribution < 1.29 is 37.4 Å². The van der Waals surface area contributed by atoms with Gasteiger partial charge in [-0.25, -0.2) is 23.4 Å². The summed E-state index contributed by atoms with van der Waals surface area (Å²) in [7, 11) is 0. The van der Waals surface area contributed by atoms with Gasteiger partial charge in [0.15, 0.2) is 11.4 Å². The van der Waals surface area contributed by atoms with E-state index < -0.39 is 41.6 Å². The maximum atomic E-state index is 14.1. The van der Waals surface area contributed by atoms with Crippen molar-refractivity contribution in [1.29, 1.82) is 0 Å². The molecule has 0 unspecified atom stereocenters. The zero-order valence-electron chi connectivity index (χ0n) is 21.8. The highest BCUT2D eigenvalue weighted by molar-refractivity contribution is 6.10. The molecule has 0 aliphatic carbocycles. The van der Waals surface area contributed by atoms with Crippen LogP contribution in [0, 0.1) is 18.6 Å². The summed E-state index contributed by atoms with van der Waals surface area (Å²) in [5.41, 5.74) is -1.78. The van der Waals surface area contributed by atoms with E-state index in [0.29, 0.717) is 12.8 Å². The summed E-state index contributed by atoms with van der Waals surface area (Å²) in [6.45, 7) is 6.24. The standard InChI is InChI=1S/C27H31F2N3O6/c1-5-8-14-27(25(34)36-6-2,26(35)37-7-3)31-24(33)22-17(4)30-23-21(13-10-15-32(22)23)38-16-18-19(28)11-9-12-20(18)29/h9-13,15H,5-8,14,16H2,1-4H3,(H,31,33). The van der Waals surface area contributed by atoms with Crippen molar-refractivity contribution >= 4 is 23.5 Å². The van der Waals surface area contributed by atoms with Gasteiger partial charge in [-0.3, -0.25) is 9.20 Å². The van der Waals surface area contributed by atoms with Crippen molar-refractivity contribution in [2.45, 2.75) is 59.1 Å². The first-order valence-electron chi connectivity index (χ1n) is 12.4. The van der Waals surface area contributed by atoms with Gasteiger partial charge >= 0.3 is 11.9 Å². The number of hydrogen-bond acceptors (Lipinski definition) is 7. The van der Waals surface area contributed by atoms with Crippen LogP contribution in [0.25, 0.3) is 5.65 Å². The summed E-state index contributed by atoms with van der Waals surface area (Å²) < 4.78 is 45.5. The number of pyridine rings is 1. The van der Waals surface area contributed by atoms with Gasteiger partial charge in [0, 0.05) is 6.20 Å². The fourth-order valence-corrected chi connectivity index (χ4v) is 4.02. The molecule has 204 valence electrons. The number of imidazole rings is 1. The van der Waals surface area contributed by atoms with Crippen LogP contribution < -0.4 is 10.1 Å². The average Bonchev–Trinajstić information content (AvgIpc) is 3.23. The molecular formula is C27H31F2N3O6. The summed E-state index contributed by atoms with van der Waals surface area (Å²) in [4.78, 5) is 44.0. The third-order valence-corrected chi connectivity index (χ3v) is 5.92. The third-order valence-electron chi connectivity index (χ3n) is 5.92.